The molecule has 19 heavy (non-hydrogen) atoms. The zero-order valence-corrected chi connectivity index (χ0v) is 11.6. The highest BCUT2D eigenvalue weighted by Crippen LogP contribution is 2.20. The highest BCUT2D eigenvalue weighted by Gasteiger charge is 2.08. The Kier molecular flexibility index (Phi) is 4.52. The number of anilines is 1. The molecule has 0 saturated heterocycles. The van der Waals surface area contributed by atoms with Gasteiger partial charge in [-0.15, -0.1) is 0 Å². The molecular formula is C13H15ClN4O. The molecule has 0 aliphatic rings. The fraction of sp³-hybridized carbons (Fsp3) is 0.308. The number of nitrogens with one attached hydrogen (secondary N) is 1. The molecule has 1 N–H and O–H groups in total. The van der Waals surface area contributed by atoms with E-state index in [0.717, 1.165) is 5.56 Å². The summed E-state index contributed by atoms with van der Waals surface area (Å²) in [6.45, 7) is 4.47. The van der Waals surface area contributed by atoms with Crippen molar-refractivity contribution in [2.75, 3.05) is 5.32 Å². The van der Waals surface area contributed by atoms with Gasteiger partial charge in [0, 0.05) is 18.3 Å². The van der Waals surface area contributed by atoms with Gasteiger partial charge >= 0.3 is 0 Å². The average Bonchev–Trinajstić information content (AvgIpc) is 2.39. The van der Waals surface area contributed by atoms with Gasteiger partial charge in [0.05, 0.1) is 12.3 Å². The molecule has 2 aromatic rings. The summed E-state index contributed by atoms with van der Waals surface area (Å²) in [7, 11) is 0. The van der Waals surface area contributed by atoms with Crippen LogP contribution in [0.2, 0.25) is 5.02 Å². The van der Waals surface area contributed by atoms with Gasteiger partial charge < -0.3 is 10.1 Å². The predicted octanol–water partition coefficient (Wildman–Crippen LogP) is 2.92. The molecule has 0 fully saturated rings. The van der Waals surface area contributed by atoms with E-state index >= 15 is 0 Å². The molecule has 0 saturated carbocycles. The summed E-state index contributed by atoms with van der Waals surface area (Å²) in [6, 6.07) is 3.82. The SMILES string of the molecule is CC(C)Oc1ncccc1CNc1ncncc1Cl. The standard InChI is InChI=1S/C13H15ClN4O/c1-9(2)19-13-10(4-3-5-16-13)6-17-12-11(14)7-15-8-18-12/h3-5,7-9H,6H2,1-2H3,(H,15,17,18). The van der Waals surface area contributed by atoms with Crippen molar-refractivity contribution in [2.24, 2.45) is 0 Å². The lowest BCUT2D eigenvalue weighted by Gasteiger charge is -2.13. The summed E-state index contributed by atoms with van der Waals surface area (Å²) in [5.41, 5.74) is 0.950. The highest BCUT2D eigenvalue weighted by atomic mass is 35.5. The largest absolute Gasteiger partial charge is 0.475 e. The van der Waals surface area contributed by atoms with Crippen LogP contribution in [0.3, 0.4) is 0 Å². The smallest absolute Gasteiger partial charge is 0.218 e. The molecule has 0 aliphatic heterocycles. The van der Waals surface area contributed by atoms with Crippen LogP contribution < -0.4 is 10.1 Å². The Bertz CT molecular complexity index is 548. The van der Waals surface area contributed by atoms with Crippen LogP contribution in [-0.2, 0) is 6.54 Å². The molecule has 0 bridgehead atoms. The van der Waals surface area contributed by atoms with Crippen molar-refractivity contribution in [3.63, 3.8) is 0 Å². The predicted molar refractivity (Wildman–Crippen MR) is 74.4 cm³/mol. The number of halogens is 1. The zero-order valence-electron chi connectivity index (χ0n) is 10.8. The first-order valence-corrected chi connectivity index (χ1v) is 6.34. The number of rotatable bonds is 5. The molecular weight excluding hydrogens is 264 g/mol. The molecule has 0 aromatic carbocycles. The van der Waals surface area contributed by atoms with E-state index in [1.165, 1.54) is 6.33 Å². The third kappa shape index (κ3) is 3.79. The second-order valence-corrected chi connectivity index (χ2v) is 4.61. The lowest BCUT2D eigenvalue weighted by atomic mass is 10.2. The Morgan fingerprint density at radius 1 is 1.37 bits per heavy atom. The minimum Gasteiger partial charge on any atom is -0.475 e. The molecule has 0 unspecified atom stereocenters. The van der Waals surface area contributed by atoms with Crippen molar-refractivity contribution in [1.29, 1.82) is 0 Å². The van der Waals surface area contributed by atoms with Crippen LogP contribution >= 0.6 is 11.6 Å². The zero-order chi connectivity index (χ0) is 13.7. The minimum absolute atomic E-state index is 0.0799. The van der Waals surface area contributed by atoms with Crippen molar-refractivity contribution in [3.8, 4) is 5.88 Å². The molecule has 6 heteroatoms. The third-order valence-corrected chi connectivity index (χ3v) is 2.59. The van der Waals surface area contributed by atoms with E-state index in [1.54, 1.807) is 12.4 Å². The number of nitrogens with zero attached hydrogens (tertiary/aromatic N) is 3. The van der Waals surface area contributed by atoms with Gasteiger partial charge in [-0.25, -0.2) is 15.0 Å². The average molecular weight is 279 g/mol. The quantitative estimate of drug-likeness (QED) is 0.911. The van der Waals surface area contributed by atoms with Crippen LogP contribution in [0.4, 0.5) is 5.82 Å². The van der Waals surface area contributed by atoms with Crippen molar-refractivity contribution in [1.82, 2.24) is 15.0 Å². The highest BCUT2D eigenvalue weighted by molar-refractivity contribution is 6.32. The first-order valence-electron chi connectivity index (χ1n) is 5.96. The summed E-state index contributed by atoms with van der Waals surface area (Å²) in [5.74, 6) is 1.21. The van der Waals surface area contributed by atoms with E-state index in [2.05, 4.69) is 20.3 Å². The van der Waals surface area contributed by atoms with E-state index in [4.69, 9.17) is 16.3 Å². The Labute approximate surface area is 117 Å². The van der Waals surface area contributed by atoms with Crippen LogP contribution in [0.1, 0.15) is 19.4 Å². The molecule has 0 spiro atoms. The fourth-order valence-corrected chi connectivity index (χ4v) is 1.68. The second kappa shape index (κ2) is 6.33. The van der Waals surface area contributed by atoms with Crippen LogP contribution in [0.25, 0.3) is 0 Å². The third-order valence-electron chi connectivity index (χ3n) is 2.31. The molecule has 100 valence electrons. The number of hydrogen-bond acceptors (Lipinski definition) is 5. The molecule has 2 rings (SSSR count). The van der Waals surface area contributed by atoms with Gasteiger partial charge in [0.1, 0.15) is 17.2 Å². The van der Waals surface area contributed by atoms with Crippen LogP contribution in [0.15, 0.2) is 30.9 Å². The van der Waals surface area contributed by atoms with Crippen molar-refractivity contribution in [2.45, 2.75) is 26.5 Å². The molecule has 0 radical (unpaired) electrons. The van der Waals surface area contributed by atoms with Gasteiger partial charge in [-0.2, -0.15) is 0 Å². The van der Waals surface area contributed by atoms with Crippen LogP contribution in [-0.4, -0.2) is 21.1 Å². The first-order chi connectivity index (χ1) is 9.16. The monoisotopic (exact) mass is 278 g/mol. The normalized spacial score (nSPS) is 10.5. The summed E-state index contributed by atoms with van der Waals surface area (Å²) in [6.07, 6.45) is 4.78. The maximum absolute atomic E-state index is 5.98. The molecule has 2 heterocycles. The van der Waals surface area contributed by atoms with Crippen molar-refractivity contribution < 1.29 is 4.74 Å². The molecule has 2 aromatic heterocycles. The Morgan fingerprint density at radius 3 is 2.95 bits per heavy atom. The number of pyridine rings is 1. The topological polar surface area (TPSA) is 59.9 Å². The van der Waals surface area contributed by atoms with E-state index in [0.29, 0.717) is 23.3 Å². The molecule has 5 nitrogen and oxygen atoms in total. The summed E-state index contributed by atoms with van der Waals surface area (Å²) in [4.78, 5) is 12.1. The van der Waals surface area contributed by atoms with Gasteiger partial charge in [0.25, 0.3) is 0 Å². The van der Waals surface area contributed by atoms with Gasteiger partial charge in [-0.1, -0.05) is 17.7 Å². The number of hydrogen-bond donors (Lipinski definition) is 1. The summed E-state index contributed by atoms with van der Waals surface area (Å²) < 4.78 is 5.65. The lowest BCUT2D eigenvalue weighted by molar-refractivity contribution is 0.230. The van der Waals surface area contributed by atoms with E-state index in [1.807, 2.05) is 26.0 Å². The van der Waals surface area contributed by atoms with Gasteiger partial charge in [0.2, 0.25) is 5.88 Å². The van der Waals surface area contributed by atoms with E-state index in [-0.39, 0.29) is 6.10 Å². The fourth-order valence-electron chi connectivity index (χ4n) is 1.51. The van der Waals surface area contributed by atoms with E-state index in [9.17, 15) is 0 Å². The number of ether oxygens (including phenoxy) is 1. The second-order valence-electron chi connectivity index (χ2n) is 4.21. The van der Waals surface area contributed by atoms with Crippen LogP contribution in [0, 0.1) is 0 Å². The number of aromatic nitrogens is 3. The Morgan fingerprint density at radius 2 is 2.21 bits per heavy atom. The molecule has 0 aliphatic carbocycles. The van der Waals surface area contributed by atoms with E-state index < -0.39 is 0 Å². The minimum atomic E-state index is 0.0799. The Balaban J connectivity index is 2.09. The van der Waals surface area contributed by atoms with Crippen molar-refractivity contribution >= 4 is 17.4 Å². The lowest BCUT2D eigenvalue weighted by Crippen LogP contribution is -2.11. The van der Waals surface area contributed by atoms with Gasteiger partial charge in [-0.3, -0.25) is 0 Å². The summed E-state index contributed by atoms with van der Waals surface area (Å²) in [5, 5.41) is 3.62. The summed E-state index contributed by atoms with van der Waals surface area (Å²) >= 11 is 5.98. The maximum Gasteiger partial charge on any atom is 0.218 e. The van der Waals surface area contributed by atoms with Crippen LogP contribution in [0.5, 0.6) is 5.88 Å². The molecule has 0 amide bonds. The van der Waals surface area contributed by atoms with Gasteiger partial charge in [0.15, 0.2) is 0 Å². The Hall–Kier alpha value is -1.88. The first kappa shape index (κ1) is 13.5. The van der Waals surface area contributed by atoms with Gasteiger partial charge in [-0.05, 0) is 19.9 Å². The maximum atomic E-state index is 5.98. The molecule has 0 atom stereocenters. The van der Waals surface area contributed by atoms with Crippen molar-refractivity contribution in [3.05, 3.63) is 41.4 Å².